The van der Waals surface area contributed by atoms with E-state index in [1.54, 1.807) is 18.2 Å². The van der Waals surface area contributed by atoms with Gasteiger partial charge in [-0.15, -0.1) is 0 Å². The van der Waals surface area contributed by atoms with Gasteiger partial charge in [-0.2, -0.15) is 13.2 Å². The first kappa shape index (κ1) is 27.2. The van der Waals surface area contributed by atoms with Crippen LogP contribution < -0.4 is 10.2 Å². The van der Waals surface area contributed by atoms with E-state index in [9.17, 15) is 18.0 Å². The van der Waals surface area contributed by atoms with Crippen molar-refractivity contribution in [3.8, 4) is 0 Å². The maximum atomic E-state index is 13.1. The van der Waals surface area contributed by atoms with Crippen molar-refractivity contribution in [3.05, 3.63) is 58.6 Å². The maximum Gasteiger partial charge on any atom is 0.390 e. The molecule has 206 valence electrons. The number of amides is 1. The van der Waals surface area contributed by atoms with E-state index in [0.29, 0.717) is 48.5 Å². The molecule has 0 spiro atoms. The van der Waals surface area contributed by atoms with Crippen molar-refractivity contribution in [1.82, 2.24) is 14.7 Å². The molecule has 0 aromatic heterocycles. The zero-order valence-electron chi connectivity index (χ0n) is 21.5. The largest absolute Gasteiger partial charge is 0.390 e. The van der Waals surface area contributed by atoms with Gasteiger partial charge in [-0.25, -0.2) is 0 Å². The Bertz CT molecular complexity index is 1100. The molecule has 2 aromatic rings. The number of carbonyl (C=O) groups excluding carboxylic acids is 1. The lowest BCUT2D eigenvalue weighted by atomic mass is 10.1. The normalized spacial score (nSPS) is 21.5. The van der Waals surface area contributed by atoms with Gasteiger partial charge in [-0.3, -0.25) is 19.5 Å². The standard InChI is InChI=1S/C28H35ClF3N5O/c29-23-7-8-25(26(18-23)37-16-12-34(13-17-37)11-9-28(30,31)32)33-27(38)22-5-3-21(4-6-22)19-35-14-15-36-10-1-2-24(36)20-35/h3-8,18,24H,1-2,9-17,19-20H2,(H,33,38). The molecule has 0 aliphatic carbocycles. The first-order chi connectivity index (χ1) is 18.2. The van der Waals surface area contributed by atoms with Gasteiger partial charge < -0.3 is 10.2 Å². The van der Waals surface area contributed by atoms with Gasteiger partial charge in [0.05, 0.1) is 17.8 Å². The number of benzene rings is 2. The molecular formula is C28H35ClF3N5O. The molecular weight excluding hydrogens is 515 g/mol. The van der Waals surface area contributed by atoms with E-state index in [2.05, 4.69) is 20.0 Å². The molecule has 3 aliphatic rings. The molecule has 1 unspecified atom stereocenters. The van der Waals surface area contributed by atoms with Crippen molar-refractivity contribution in [2.75, 3.05) is 69.1 Å². The molecule has 3 aliphatic heterocycles. The van der Waals surface area contributed by atoms with Crippen molar-refractivity contribution < 1.29 is 18.0 Å². The number of nitrogens with one attached hydrogen (secondary N) is 1. The SMILES string of the molecule is O=C(Nc1ccc(Cl)cc1N1CCN(CCC(F)(F)F)CC1)c1ccc(CN2CCN3CCCC3C2)cc1. The van der Waals surface area contributed by atoms with Gasteiger partial charge in [0.2, 0.25) is 0 Å². The van der Waals surface area contributed by atoms with Crippen molar-refractivity contribution >= 4 is 28.9 Å². The third kappa shape index (κ3) is 7.00. The fraction of sp³-hybridized carbons (Fsp3) is 0.536. The summed E-state index contributed by atoms with van der Waals surface area (Å²) in [6, 6.07) is 13.8. The van der Waals surface area contributed by atoms with Gasteiger partial charge >= 0.3 is 6.18 Å². The average Bonchev–Trinajstić information content (AvgIpc) is 3.37. The van der Waals surface area contributed by atoms with Gasteiger partial charge in [-0.1, -0.05) is 23.7 Å². The van der Waals surface area contributed by atoms with Gasteiger partial charge in [0, 0.05) is 75.5 Å². The molecule has 0 bridgehead atoms. The minimum absolute atomic E-state index is 0.00323. The van der Waals surface area contributed by atoms with Crippen LogP contribution in [0.25, 0.3) is 0 Å². The predicted octanol–water partition coefficient (Wildman–Crippen LogP) is 4.95. The molecule has 1 atom stereocenters. The number of alkyl halides is 3. The number of hydrogen-bond acceptors (Lipinski definition) is 5. The monoisotopic (exact) mass is 549 g/mol. The average molecular weight is 550 g/mol. The second-order valence-corrected chi connectivity index (χ2v) is 11.0. The van der Waals surface area contributed by atoms with Gasteiger partial charge in [-0.05, 0) is 55.3 Å². The van der Waals surface area contributed by atoms with Crippen LogP contribution in [-0.4, -0.2) is 91.7 Å². The summed E-state index contributed by atoms with van der Waals surface area (Å²) in [5.74, 6) is -0.205. The molecule has 2 aromatic carbocycles. The van der Waals surface area contributed by atoms with Crippen LogP contribution in [0, 0.1) is 0 Å². The Morgan fingerprint density at radius 2 is 1.68 bits per heavy atom. The van der Waals surface area contributed by atoms with Crippen LogP contribution in [0.5, 0.6) is 0 Å². The highest BCUT2D eigenvalue weighted by Crippen LogP contribution is 2.31. The lowest BCUT2D eigenvalue weighted by Gasteiger charge is -2.37. The number of carbonyl (C=O) groups is 1. The first-order valence-corrected chi connectivity index (χ1v) is 13.8. The fourth-order valence-electron chi connectivity index (χ4n) is 5.78. The number of piperazine rings is 2. The molecule has 3 heterocycles. The fourth-order valence-corrected chi connectivity index (χ4v) is 5.95. The maximum absolute atomic E-state index is 13.1. The first-order valence-electron chi connectivity index (χ1n) is 13.4. The zero-order chi connectivity index (χ0) is 26.7. The van der Waals surface area contributed by atoms with E-state index < -0.39 is 12.6 Å². The Hall–Kier alpha value is -2.33. The summed E-state index contributed by atoms with van der Waals surface area (Å²) in [7, 11) is 0. The van der Waals surface area contributed by atoms with Crippen LogP contribution in [0.2, 0.25) is 5.02 Å². The summed E-state index contributed by atoms with van der Waals surface area (Å²) in [4.78, 5) is 22.1. The van der Waals surface area contributed by atoms with Crippen LogP contribution in [0.15, 0.2) is 42.5 Å². The minimum atomic E-state index is -4.15. The van der Waals surface area contributed by atoms with Crippen LogP contribution in [-0.2, 0) is 6.54 Å². The van der Waals surface area contributed by atoms with E-state index in [4.69, 9.17) is 11.6 Å². The third-order valence-electron chi connectivity index (χ3n) is 7.93. The highest BCUT2D eigenvalue weighted by Gasteiger charge is 2.31. The predicted molar refractivity (Wildman–Crippen MR) is 145 cm³/mol. The second-order valence-electron chi connectivity index (χ2n) is 10.6. The van der Waals surface area contributed by atoms with E-state index in [0.717, 1.165) is 31.9 Å². The van der Waals surface area contributed by atoms with E-state index in [-0.39, 0.29) is 12.5 Å². The van der Waals surface area contributed by atoms with Crippen molar-refractivity contribution in [2.24, 2.45) is 0 Å². The summed E-state index contributed by atoms with van der Waals surface area (Å²) in [6.07, 6.45) is -2.36. The summed E-state index contributed by atoms with van der Waals surface area (Å²) >= 11 is 6.26. The van der Waals surface area contributed by atoms with Gasteiger partial charge in [0.15, 0.2) is 0 Å². The van der Waals surface area contributed by atoms with E-state index in [1.165, 1.54) is 24.9 Å². The molecule has 5 rings (SSSR count). The molecule has 0 saturated carbocycles. The summed E-state index contributed by atoms with van der Waals surface area (Å²) in [5, 5.41) is 3.56. The van der Waals surface area contributed by atoms with E-state index >= 15 is 0 Å². The topological polar surface area (TPSA) is 42.1 Å². The van der Waals surface area contributed by atoms with Gasteiger partial charge in [0.25, 0.3) is 5.91 Å². The van der Waals surface area contributed by atoms with Crippen molar-refractivity contribution in [1.29, 1.82) is 0 Å². The number of nitrogens with zero attached hydrogens (tertiary/aromatic N) is 4. The van der Waals surface area contributed by atoms with E-state index in [1.807, 2.05) is 29.2 Å². The Balaban J connectivity index is 1.17. The highest BCUT2D eigenvalue weighted by atomic mass is 35.5. The minimum Gasteiger partial charge on any atom is -0.367 e. The highest BCUT2D eigenvalue weighted by molar-refractivity contribution is 6.31. The summed E-state index contributed by atoms with van der Waals surface area (Å²) < 4.78 is 37.8. The molecule has 1 amide bonds. The third-order valence-corrected chi connectivity index (χ3v) is 8.16. The molecule has 3 saturated heterocycles. The lowest BCUT2D eigenvalue weighted by Crippen LogP contribution is -2.49. The van der Waals surface area contributed by atoms with Crippen LogP contribution >= 0.6 is 11.6 Å². The Kier molecular flexibility index (Phi) is 8.47. The Morgan fingerprint density at radius 1 is 0.947 bits per heavy atom. The number of rotatable bonds is 7. The quantitative estimate of drug-likeness (QED) is 0.529. The Morgan fingerprint density at radius 3 is 2.42 bits per heavy atom. The Labute approximate surface area is 227 Å². The summed E-state index contributed by atoms with van der Waals surface area (Å²) in [6.45, 7) is 7.61. The number of anilines is 2. The lowest BCUT2D eigenvalue weighted by molar-refractivity contribution is -0.138. The van der Waals surface area contributed by atoms with Gasteiger partial charge in [0.1, 0.15) is 0 Å². The smallest absolute Gasteiger partial charge is 0.367 e. The summed E-state index contributed by atoms with van der Waals surface area (Å²) in [5.41, 5.74) is 3.20. The zero-order valence-corrected chi connectivity index (χ0v) is 22.3. The van der Waals surface area contributed by atoms with Crippen LogP contribution in [0.4, 0.5) is 24.5 Å². The second kappa shape index (κ2) is 11.8. The molecule has 6 nitrogen and oxygen atoms in total. The number of fused-ring (bicyclic) bond motifs is 1. The molecule has 0 radical (unpaired) electrons. The number of halogens is 4. The molecule has 1 N–H and O–H groups in total. The number of hydrogen-bond donors (Lipinski definition) is 1. The molecule has 38 heavy (non-hydrogen) atoms. The molecule has 3 fully saturated rings. The molecule has 10 heteroatoms. The van der Waals surface area contributed by atoms with Crippen LogP contribution in [0.3, 0.4) is 0 Å². The van der Waals surface area contributed by atoms with Crippen LogP contribution in [0.1, 0.15) is 35.2 Å². The van der Waals surface area contributed by atoms with Crippen molar-refractivity contribution in [2.45, 2.75) is 38.0 Å². The van der Waals surface area contributed by atoms with Crippen molar-refractivity contribution in [3.63, 3.8) is 0 Å².